The van der Waals surface area contributed by atoms with Crippen LogP contribution in [0.4, 0.5) is 0 Å². The molecular formula is C10H14ClN3O. The number of rotatable bonds is 3. The van der Waals surface area contributed by atoms with Crippen molar-refractivity contribution in [2.75, 3.05) is 0 Å². The van der Waals surface area contributed by atoms with Crippen LogP contribution in [0.15, 0.2) is 18.3 Å². The summed E-state index contributed by atoms with van der Waals surface area (Å²) >= 11 is 5.79. The molecule has 2 heterocycles. The molecule has 1 aromatic rings. The first kappa shape index (κ1) is 10.7. The number of hydrogen-bond acceptors (Lipinski definition) is 4. The van der Waals surface area contributed by atoms with Crippen molar-refractivity contribution in [3.63, 3.8) is 0 Å². The quantitative estimate of drug-likeness (QED) is 0.767. The van der Waals surface area contributed by atoms with Gasteiger partial charge in [-0.2, -0.15) is 0 Å². The van der Waals surface area contributed by atoms with Gasteiger partial charge >= 0.3 is 0 Å². The molecule has 1 fully saturated rings. The van der Waals surface area contributed by atoms with Crippen molar-refractivity contribution in [3.05, 3.63) is 23.9 Å². The molecule has 0 spiro atoms. The van der Waals surface area contributed by atoms with Gasteiger partial charge in [0.15, 0.2) is 6.23 Å². The fraction of sp³-hybridized carbons (Fsp3) is 0.500. The summed E-state index contributed by atoms with van der Waals surface area (Å²) in [6, 6.07) is 4.19. The highest BCUT2D eigenvalue weighted by atomic mass is 35.5. The van der Waals surface area contributed by atoms with Crippen LogP contribution in [0.5, 0.6) is 5.88 Å². The molecule has 0 saturated carbocycles. The molecule has 0 aliphatic carbocycles. The van der Waals surface area contributed by atoms with E-state index in [0.717, 1.165) is 12.0 Å². The summed E-state index contributed by atoms with van der Waals surface area (Å²) in [6.45, 7) is 2.09. The van der Waals surface area contributed by atoms with Gasteiger partial charge in [-0.3, -0.25) is 5.43 Å². The zero-order valence-corrected chi connectivity index (χ0v) is 9.29. The van der Waals surface area contributed by atoms with Crippen LogP contribution in [-0.4, -0.2) is 17.3 Å². The number of ether oxygens (including phenoxy) is 1. The van der Waals surface area contributed by atoms with Gasteiger partial charge in [-0.15, -0.1) is 11.6 Å². The third-order valence-electron chi connectivity index (χ3n) is 2.31. The van der Waals surface area contributed by atoms with Crippen LogP contribution in [-0.2, 0) is 5.88 Å². The second-order valence-electron chi connectivity index (χ2n) is 3.63. The summed E-state index contributed by atoms with van der Waals surface area (Å²) in [5.41, 5.74) is 7.06. The Bertz CT molecular complexity index is 334. The lowest BCUT2D eigenvalue weighted by molar-refractivity contribution is 0.171. The van der Waals surface area contributed by atoms with E-state index in [1.807, 2.05) is 12.1 Å². The maximum absolute atomic E-state index is 5.79. The molecular weight excluding hydrogens is 214 g/mol. The molecule has 0 aromatic carbocycles. The summed E-state index contributed by atoms with van der Waals surface area (Å²) in [5, 5.41) is 0. The topological polar surface area (TPSA) is 46.2 Å². The number of pyridine rings is 1. The van der Waals surface area contributed by atoms with Crippen molar-refractivity contribution in [2.45, 2.75) is 31.5 Å². The van der Waals surface area contributed by atoms with E-state index in [2.05, 4.69) is 22.8 Å². The van der Waals surface area contributed by atoms with Crippen molar-refractivity contribution in [3.8, 4) is 5.88 Å². The van der Waals surface area contributed by atoms with Gasteiger partial charge < -0.3 is 4.74 Å². The molecule has 15 heavy (non-hydrogen) atoms. The minimum Gasteiger partial charge on any atom is -0.457 e. The zero-order chi connectivity index (χ0) is 10.7. The number of halogens is 1. The summed E-state index contributed by atoms with van der Waals surface area (Å²) in [6.07, 6.45) is 2.59. The molecule has 2 atom stereocenters. The highest BCUT2D eigenvalue weighted by Crippen LogP contribution is 2.19. The number of hydrogen-bond donors (Lipinski definition) is 2. The van der Waals surface area contributed by atoms with E-state index in [9.17, 15) is 0 Å². The Labute approximate surface area is 94.0 Å². The van der Waals surface area contributed by atoms with E-state index in [-0.39, 0.29) is 6.23 Å². The van der Waals surface area contributed by atoms with Gasteiger partial charge in [-0.1, -0.05) is 6.07 Å². The zero-order valence-electron chi connectivity index (χ0n) is 8.53. The van der Waals surface area contributed by atoms with Gasteiger partial charge in [0.25, 0.3) is 0 Å². The van der Waals surface area contributed by atoms with Crippen LogP contribution in [0.3, 0.4) is 0 Å². The van der Waals surface area contributed by atoms with Crippen molar-refractivity contribution >= 4 is 11.6 Å². The first-order chi connectivity index (χ1) is 7.29. The monoisotopic (exact) mass is 227 g/mol. The summed E-state index contributed by atoms with van der Waals surface area (Å²) in [7, 11) is 0. The molecule has 1 aliphatic rings. The lowest BCUT2D eigenvalue weighted by atomic mass is 10.2. The Morgan fingerprint density at radius 1 is 1.60 bits per heavy atom. The van der Waals surface area contributed by atoms with E-state index in [1.54, 1.807) is 6.20 Å². The van der Waals surface area contributed by atoms with Crippen molar-refractivity contribution < 1.29 is 4.74 Å². The number of hydrazine groups is 1. The smallest absolute Gasteiger partial charge is 0.219 e. The summed E-state index contributed by atoms with van der Waals surface area (Å²) < 4.78 is 5.70. The van der Waals surface area contributed by atoms with E-state index in [4.69, 9.17) is 16.3 Å². The fourth-order valence-corrected chi connectivity index (χ4v) is 1.72. The van der Waals surface area contributed by atoms with Crippen molar-refractivity contribution in [1.29, 1.82) is 0 Å². The van der Waals surface area contributed by atoms with Gasteiger partial charge in [0.2, 0.25) is 5.88 Å². The number of nitrogens with zero attached hydrogens (tertiary/aromatic N) is 1. The van der Waals surface area contributed by atoms with Crippen LogP contribution >= 0.6 is 11.6 Å². The van der Waals surface area contributed by atoms with Crippen LogP contribution in [0, 0.1) is 0 Å². The lowest BCUT2D eigenvalue weighted by Gasteiger charge is -2.13. The minimum absolute atomic E-state index is 0.0307. The molecule has 5 heteroatoms. The van der Waals surface area contributed by atoms with Crippen LogP contribution in [0.1, 0.15) is 18.9 Å². The highest BCUT2D eigenvalue weighted by molar-refractivity contribution is 6.17. The van der Waals surface area contributed by atoms with Crippen LogP contribution < -0.4 is 15.6 Å². The van der Waals surface area contributed by atoms with Crippen molar-refractivity contribution in [2.24, 2.45) is 0 Å². The SMILES string of the molecule is CC1CC(Oc2ncccc2CCl)NN1. The van der Waals surface area contributed by atoms with Gasteiger partial charge in [0.1, 0.15) is 0 Å². The van der Waals surface area contributed by atoms with Gasteiger partial charge in [-0.25, -0.2) is 10.4 Å². The minimum atomic E-state index is -0.0307. The molecule has 4 nitrogen and oxygen atoms in total. The normalized spacial score (nSPS) is 25.5. The Balaban J connectivity index is 2.04. The van der Waals surface area contributed by atoms with Gasteiger partial charge in [0, 0.05) is 24.2 Å². The summed E-state index contributed by atoms with van der Waals surface area (Å²) in [4.78, 5) is 4.16. The standard InChI is InChI=1S/C10H14ClN3O/c1-7-5-9(14-13-7)15-10-8(6-11)3-2-4-12-10/h2-4,7,9,13-14H,5-6H2,1H3. The maximum Gasteiger partial charge on any atom is 0.219 e. The molecule has 82 valence electrons. The van der Waals surface area contributed by atoms with E-state index in [0.29, 0.717) is 17.8 Å². The Kier molecular flexibility index (Phi) is 3.41. The van der Waals surface area contributed by atoms with Crippen molar-refractivity contribution in [1.82, 2.24) is 15.8 Å². The maximum atomic E-state index is 5.79. The fourth-order valence-electron chi connectivity index (χ4n) is 1.52. The van der Waals surface area contributed by atoms with Gasteiger partial charge in [0.05, 0.1) is 5.88 Å². The Morgan fingerprint density at radius 2 is 2.47 bits per heavy atom. The molecule has 1 aliphatic heterocycles. The van der Waals surface area contributed by atoms with Crippen LogP contribution in [0.2, 0.25) is 0 Å². The Morgan fingerprint density at radius 3 is 3.13 bits per heavy atom. The van der Waals surface area contributed by atoms with Crippen LogP contribution in [0.25, 0.3) is 0 Å². The van der Waals surface area contributed by atoms with E-state index < -0.39 is 0 Å². The number of alkyl halides is 1. The average molecular weight is 228 g/mol. The lowest BCUT2D eigenvalue weighted by Crippen LogP contribution is -2.35. The summed E-state index contributed by atoms with van der Waals surface area (Å²) in [5.74, 6) is 1.03. The molecule has 2 N–H and O–H groups in total. The average Bonchev–Trinajstić information content (AvgIpc) is 2.65. The molecule has 0 bridgehead atoms. The molecule has 2 rings (SSSR count). The molecule has 1 saturated heterocycles. The third kappa shape index (κ3) is 2.59. The van der Waals surface area contributed by atoms with E-state index >= 15 is 0 Å². The predicted octanol–water partition coefficient (Wildman–Crippen LogP) is 1.41. The number of nitrogens with one attached hydrogen (secondary N) is 2. The van der Waals surface area contributed by atoms with Gasteiger partial charge in [-0.05, 0) is 13.0 Å². The largest absolute Gasteiger partial charge is 0.457 e. The first-order valence-corrected chi connectivity index (χ1v) is 5.50. The molecule has 0 amide bonds. The first-order valence-electron chi connectivity index (χ1n) is 4.97. The number of aromatic nitrogens is 1. The second kappa shape index (κ2) is 4.79. The molecule has 1 aromatic heterocycles. The predicted molar refractivity (Wildman–Crippen MR) is 58.6 cm³/mol. The highest BCUT2D eigenvalue weighted by Gasteiger charge is 2.22. The third-order valence-corrected chi connectivity index (χ3v) is 2.59. The molecule has 2 unspecified atom stereocenters. The van der Waals surface area contributed by atoms with E-state index in [1.165, 1.54) is 0 Å². The Hall–Kier alpha value is -0.840. The molecule has 0 radical (unpaired) electrons. The second-order valence-corrected chi connectivity index (χ2v) is 3.90.